The molecule has 7 heteroatoms. The average molecular weight is 286 g/mol. The van der Waals surface area contributed by atoms with Gasteiger partial charge in [0, 0.05) is 26.6 Å². The van der Waals surface area contributed by atoms with Crippen molar-refractivity contribution in [2.75, 3.05) is 20.1 Å². The van der Waals surface area contributed by atoms with Crippen LogP contribution in [0.3, 0.4) is 0 Å². The maximum Gasteiger partial charge on any atom is 0.240 e. The summed E-state index contributed by atoms with van der Waals surface area (Å²) >= 11 is 0. The zero-order valence-corrected chi connectivity index (χ0v) is 11.3. The van der Waals surface area contributed by atoms with E-state index in [1.165, 1.54) is 12.1 Å². The first kappa shape index (κ1) is 14.0. The van der Waals surface area contributed by atoms with E-state index in [0.29, 0.717) is 13.0 Å². The minimum absolute atomic E-state index is 0.0194. The van der Waals surface area contributed by atoms with Crippen molar-refractivity contribution in [3.8, 4) is 0 Å². The minimum atomic E-state index is -3.65. The number of carbonyl (C=O) groups is 1. The zero-order chi connectivity index (χ0) is 14.0. The number of rotatable bonds is 4. The molecule has 2 rings (SSSR count). The summed E-state index contributed by atoms with van der Waals surface area (Å²) in [5.74, 6) is -0.485. The molecule has 0 spiro atoms. The van der Waals surface area contributed by atoms with Gasteiger partial charge >= 0.3 is 0 Å². The van der Waals surface area contributed by atoms with E-state index >= 15 is 0 Å². The van der Waals surface area contributed by atoms with Crippen molar-refractivity contribution in [3.63, 3.8) is 0 Å². The van der Waals surface area contributed by atoms with Crippen LogP contribution >= 0.6 is 0 Å². The first-order valence-electron chi connectivity index (χ1n) is 5.87. The van der Waals surface area contributed by atoms with Crippen LogP contribution in [0.5, 0.6) is 0 Å². The quantitative estimate of drug-likeness (QED) is 0.880. The number of hydrogen-bond acceptors (Lipinski definition) is 3. The Hall–Kier alpha value is -1.47. The Morgan fingerprint density at radius 2 is 2.00 bits per heavy atom. The SMILES string of the molecule is CN1CC(CNS(=O)(=O)c2ccc(F)cc2)CC1=O. The molecule has 104 valence electrons. The molecule has 1 fully saturated rings. The zero-order valence-electron chi connectivity index (χ0n) is 10.5. The second-order valence-corrected chi connectivity index (χ2v) is 6.42. The van der Waals surface area contributed by atoms with Gasteiger partial charge in [-0.15, -0.1) is 0 Å². The Morgan fingerprint density at radius 1 is 1.37 bits per heavy atom. The first-order valence-corrected chi connectivity index (χ1v) is 7.36. The number of nitrogens with one attached hydrogen (secondary N) is 1. The second-order valence-electron chi connectivity index (χ2n) is 4.65. The van der Waals surface area contributed by atoms with Gasteiger partial charge in [0.05, 0.1) is 4.90 Å². The summed E-state index contributed by atoms with van der Waals surface area (Å²) in [6.07, 6.45) is 0.350. The number of benzene rings is 1. The van der Waals surface area contributed by atoms with E-state index in [0.717, 1.165) is 12.1 Å². The third-order valence-electron chi connectivity index (χ3n) is 3.11. The summed E-state index contributed by atoms with van der Waals surface area (Å²) in [5.41, 5.74) is 0. The number of amides is 1. The molecule has 1 N–H and O–H groups in total. The van der Waals surface area contributed by atoms with Crippen molar-refractivity contribution in [1.82, 2.24) is 9.62 Å². The molecule has 1 aromatic rings. The molecule has 0 aromatic heterocycles. The van der Waals surface area contributed by atoms with Crippen LogP contribution in [0.25, 0.3) is 0 Å². The minimum Gasteiger partial charge on any atom is -0.345 e. The highest BCUT2D eigenvalue weighted by molar-refractivity contribution is 7.89. The summed E-state index contributed by atoms with van der Waals surface area (Å²) in [4.78, 5) is 12.9. The van der Waals surface area contributed by atoms with E-state index in [9.17, 15) is 17.6 Å². The lowest BCUT2D eigenvalue weighted by Crippen LogP contribution is -2.30. The Bertz CT molecular complexity index is 571. The lowest BCUT2D eigenvalue weighted by atomic mass is 10.1. The first-order chi connectivity index (χ1) is 8.88. The third kappa shape index (κ3) is 3.30. The van der Waals surface area contributed by atoms with Crippen molar-refractivity contribution in [3.05, 3.63) is 30.1 Å². The van der Waals surface area contributed by atoms with E-state index in [2.05, 4.69) is 4.72 Å². The monoisotopic (exact) mass is 286 g/mol. The number of likely N-dealkylation sites (tertiary alicyclic amines) is 1. The molecule has 19 heavy (non-hydrogen) atoms. The third-order valence-corrected chi connectivity index (χ3v) is 4.55. The highest BCUT2D eigenvalue weighted by atomic mass is 32.2. The lowest BCUT2D eigenvalue weighted by Gasteiger charge is -2.11. The summed E-state index contributed by atoms with van der Waals surface area (Å²) in [6.45, 7) is 0.751. The van der Waals surface area contributed by atoms with Gasteiger partial charge in [0.15, 0.2) is 0 Å². The smallest absolute Gasteiger partial charge is 0.240 e. The Morgan fingerprint density at radius 3 is 2.53 bits per heavy atom. The van der Waals surface area contributed by atoms with Crippen LogP contribution in [0.4, 0.5) is 4.39 Å². The Labute approximate surface area is 111 Å². The summed E-state index contributed by atoms with van der Waals surface area (Å²) in [7, 11) is -1.95. The van der Waals surface area contributed by atoms with Crippen LogP contribution in [0.2, 0.25) is 0 Å². The van der Waals surface area contributed by atoms with E-state index < -0.39 is 15.8 Å². The molecular formula is C12H15FN2O3S. The lowest BCUT2D eigenvalue weighted by molar-refractivity contribution is -0.126. The molecule has 1 aliphatic rings. The van der Waals surface area contributed by atoms with Crippen molar-refractivity contribution in [1.29, 1.82) is 0 Å². The fourth-order valence-corrected chi connectivity index (χ4v) is 3.13. The van der Waals surface area contributed by atoms with Crippen LogP contribution in [0, 0.1) is 11.7 Å². The number of sulfonamides is 1. The molecule has 0 bridgehead atoms. The van der Waals surface area contributed by atoms with E-state index in [4.69, 9.17) is 0 Å². The number of hydrogen-bond donors (Lipinski definition) is 1. The van der Waals surface area contributed by atoms with Gasteiger partial charge < -0.3 is 4.90 Å². The fraction of sp³-hybridized carbons (Fsp3) is 0.417. The summed E-state index contributed by atoms with van der Waals surface area (Å²) in [6, 6.07) is 4.62. The molecule has 0 aliphatic carbocycles. The Kier molecular flexibility index (Phi) is 3.86. The molecule has 0 radical (unpaired) electrons. The topological polar surface area (TPSA) is 66.5 Å². The summed E-state index contributed by atoms with van der Waals surface area (Å²) in [5, 5.41) is 0. The van der Waals surface area contributed by atoms with E-state index in [-0.39, 0.29) is 23.3 Å². The highest BCUT2D eigenvalue weighted by Crippen LogP contribution is 2.16. The van der Waals surface area contributed by atoms with Gasteiger partial charge in [-0.1, -0.05) is 0 Å². The molecule has 0 saturated carbocycles. The van der Waals surface area contributed by atoms with Gasteiger partial charge in [0.2, 0.25) is 15.9 Å². The molecule has 1 aromatic carbocycles. The highest BCUT2D eigenvalue weighted by Gasteiger charge is 2.27. The molecule has 5 nitrogen and oxygen atoms in total. The molecule has 1 amide bonds. The average Bonchev–Trinajstić information content (AvgIpc) is 2.67. The van der Waals surface area contributed by atoms with Gasteiger partial charge in [0.1, 0.15) is 5.82 Å². The number of halogens is 1. The Balaban J connectivity index is 1.99. The van der Waals surface area contributed by atoms with Gasteiger partial charge in [-0.3, -0.25) is 4.79 Å². The predicted molar refractivity (Wildman–Crippen MR) is 67.3 cm³/mol. The summed E-state index contributed by atoms with van der Waals surface area (Å²) < 4.78 is 39.0. The molecule has 1 saturated heterocycles. The largest absolute Gasteiger partial charge is 0.345 e. The van der Waals surface area contributed by atoms with Crippen molar-refractivity contribution >= 4 is 15.9 Å². The molecular weight excluding hydrogens is 271 g/mol. The van der Waals surface area contributed by atoms with Crippen molar-refractivity contribution < 1.29 is 17.6 Å². The molecule has 1 unspecified atom stereocenters. The molecule has 1 atom stereocenters. The second kappa shape index (κ2) is 5.26. The van der Waals surface area contributed by atoms with Gasteiger partial charge in [-0.05, 0) is 30.2 Å². The standard InChI is InChI=1S/C12H15FN2O3S/c1-15-8-9(6-12(15)16)7-14-19(17,18)11-4-2-10(13)3-5-11/h2-5,9,14H,6-8H2,1H3. The van der Waals surface area contributed by atoms with Crippen molar-refractivity contribution in [2.45, 2.75) is 11.3 Å². The van der Waals surface area contributed by atoms with E-state index in [1.807, 2.05) is 0 Å². The van der Waals surface area contributed by atoms with Crippen LogP contribution in [-0.2, 0) is 14.8 Å². The fourth-order valence-electron chi connectivity index (χ4n) is 2.02. The normalized spacial score (nSPS) is 20.0. The van der Waals surface area contributed by atoms with Crippen LogP contribution in [-0.4, -0.2) is 39.4 Å². The maximum atomic E-state index is 12.7. The van der Waals surface area contributed by atoms with Gasteiger partial charge in [-0.25, -0.2) is 17.5 Å². The number of carbonyl (C=O) groups excluding carboxylic acids is 1. The van der Waals surface area contributed by atoms with E-state index in [1.54, 1.807) is 11.9 Å². The van der Waals surface area contributed by atoms with Gasteiger partial charge in [0.25, 0.3) is 0 Å². The van der Waals surface area contributed by atoms with Crippen molar-refractivity contribution in [2.24, 2.45) is 5.92 Å². The molecule has 1 heterocycles. The maximum absolute atomic E-state index is 12.7. The van der Waals surface area contributed by atoms with Crippen LogP contribution in [0.1, 0.15) is 6.42 Å². The predicted octanol–water partition coefficient (Wildman–Crippen LogP) is 0.582. The van der Waals surface area contributed by atoms with Gasteiger partial charge in [-0.2, -0.15) is 0 Å². The van der Waals surface area contributed by atoms with Crippen LogP contribution in [0.15, 0.2) is 29.2 Å². The molecule has 1 aliphatic heterocycles. The van der Waals surface area contributed by atoms with Crippen LogP contribution < -0.4 is 4.72 Å². The number of nitrogens with zero attached hydrogens (tertiary/aromatic N) is 1.